The molecule has 0 aliphatic heterocycles. The van der Waals surface area contributed by atoms with Gasteiger partial charge in [0.2, 0.25) is 0 Å². The maximum atomic E-state index is 12.9. The van der Waals surface area contributed by atoms with E-state index in [-0.39, 0.29) is 17.2 Å². The van der Waals surface area contributed by atoms with E-state index in [1.165, 1.54) is 4.57 Å². The van der Waals surface area contributed by atoms with E-state index in [4.69, 9.17) is 4.74 Å². The molecular formula is C18H17NO3. The summed E-state index contributed by atoms with van der Waals surface area (Å²) in [6.07, 6.45) is 0. The van der Waals surface area contributed by atoms with Gasteiger partial charge in [0.1, 0.15) is 0 Å². The third-order valence-corrected chi connectivity index (χ3v) is 3.89. The molecule has 0 aliphatic rings. The molecule has 2 aromatic carbocycles. The van der Waals surface area contributed by atoms with Gasteiger partial charge in [-0.1, -0.05) is 36.4 Å². The van der Waals surface area contributed by atoms with Gasteiger partial charge in [-0.05, 0) is 29.8 Å². The molecular weight excluding hydrogens is 278 g/mol. The van der Waals surface area contributed by atoms with Crippen LogP contribution in [0.1, 0.15) is 13.0 Å². The van der Waals surface area contributed by atoms with Gasteiger partial charge in [-0.25, -0.2) is 0 Å². The largest absolute Gasteiger partial charge is 0.383 e. The van der Waals surface area contributed by atoms with Gasteiger partial charge < -0.3 is 4.74 Å². The van der Waals surface area contributed by atoms with Gasteiger partial charge in [0.15, 0.2) is 0 Å². The molecule has 0 radical (unpaired) electrons. The van der Waals surface area contributed by atoms with Crippen molar-refractivity contribution >= 4 is 21.5 Å². The first-order valence-corrected chi connectivity index (χ1v) is 7.20. The summed E-state index contributed by atoms with van der Waals surface area (Å²) in [6, 6.07) is 14.3. The topological polar surface area (TPSA) is 48.3 Å². The van der Waals surface area contributed by atoms with Crippen molar-refractivity contribution in [3.63, 3.8) is 0 Å². The van der Waals surface area contributed by atoms with E-state index in [1.54, 1.807) is 19.2 Å². The van der Waals surface area contributed by atoms with Crippen LogP contribution in [0.5, 0.6) is 0 Å². The summed E-state index contributed by atoms with van der Waals surface area (Å²) in [6.45, 7) is 2.12. The van der Waals surface area contributed by atoms with E-state index in [2.05, 4.69) is 0 Å². The van der Waals surface area contributed by atoms with Crippen LogP contribution < -0.4 is 11.1 Å². The van der Waals surface area contributed by atoms with Crippen LogP contribution in [0.2, 0.25) is 0 Å². The Hall–Kier alpha value is -2.46. The van der Waals surface area contributed by atoms with Gasteiger partial charge in [0.25, 0.3) is 11.1 Å². The van der Waals surface area contributed by atoms with E-state index in [0.717, 1.165) is 10.8 Å². The molecule has 3 aromatic rings. The zero-order valence-electron chi connectivity index (χ0n) is 12.6. The van der Waals surface area contributed by atoms with Crippen molar-refractivity contribution in [3.05, 3.63) is 69.2 Å². The number of aromatic nitrogens is 1. The molecule has 4 heteroatoms. The van der Waals surface area contributed by atoms with Crippen molar-refractivity contribution in [2.45, 2.75) is 13.0 Å². The summed E-state index contributed by atoms with van der Waals surface area (Å²) in [7, 11) is 1.56. The van der Waals surface area contributed by atoms with Crippen LogP contribution >= 0.6 is 0 Å². The molecule has 3 rings (SSSR count). The number of fused-ring (bicyclic) bond motifs is 3. The minimum atomic E-state index is -0.329. The van der Waals surface area contributed by atoms with Crippen LogP contribution in [-0.2, 0) is 4.74 Å². The fourth-order valence-electron chi connectivity index (χ4n) is 2.88. The Labute approximate surface area is 127 Å². The van der Waals surface area contributed by atoms with Crippen molar-refractivity contribution in [1.29, 1.82) is 0 Å². The Balaban J connectivity index is 2.61. The number of nitrogens with zero attached hydrogens (tertiary/aromatic N) is 1. The van der Waals surface area contributed by atoms with Crippen LogP contribution in [0.25, 0.3) is 21.5 Å². The summed E-state index contributed by atoms with van der Waals surface area (Å²) in [5.74, 6) is 0. The quantitative estimate of drug-likeness (QED) is 0.746. The molecule has 0 saturated carbocycles. The highest BCUT2D eigenvalue weighted by molar-refractivity contribution is 6.05. The normalized spacial score (nSPS) is 12.6. The zero-order chi connectivity index (χ0) is 15.7. The first kappa shape index (κ1) is 14.5. The van der Waals surface area contributed by atoms with Crippen LogP contribution in [0, 0.1) is 0 Å². The van der Waals surface area contributed by atoms with Crippen molar-refractivity contribution in [1.82, 2.24) is 4.57 Å². The smallest absolute Gasteiger partial charge is 0.261 e. The maximum absolute atomic E-state index is 12.9. The Kier molecular flexibility index (Phi) is 3.77. The summed E-state index contributed by atoms with van der Waals surface area (Å²) in [5.41, 5.74) is -0.553. The molecule has 0 fully saturated rings. The van der Waals surface area contributed by atoms with Crippen molar-refractivity contribution < 1.29 is 4.74 Å². The number of hydrogen-bond acceptors (Lipinski definition) is 3. The lowest BCUT2D eigenvalue weighted by molar-refractivity contribution is 0.160. The van der Waals surface area contributed by atoms with Crippen LogP contribution in [-0.4, -0.2) is 18.3 Å². The van der Waals surface area contributed by atoms with E-state index in [9.17, 15) is 9.59 Å². The maximum Gasteiger partial charge on any atom is 0.261 e. The minimum absolute atomic E-state index is 0.277. The number of benzene rings is 2. The summed E-state index contributed by atoms with van der Waals surface area (Å²) >= 11 is 0. The Bertz CT molecular complexity index is 887. The molecule has 1 heterocycles. The van der Waals surface area contributed by atoms with Gasteiger partial charge in [-0.15, -0.1) is 0 Å². The molecule has 0 amide bonds. The molecule has 1 aromatic heterocycles. The molecule has 0 spiro atoms. The molecule has 22 heavy (non-hydrogen) atoms. The molecule has 1 unspecified atom stereocenters. The van der Waals surface area contributed by atoms with E-state index < -0.39 is 0 Å². The Morgan fingerprint density at radius 3 is 1.68 bits per heavy atom. The number of rotatable bonds is 3. The molecule has 4 nitrogen and oxygen atoms in total. The molecule has 1 atom stereocenters. The molecule has 0 saturated heterocycles. The predicted molar refractivity (Wildman–Crippen MR) is 88.6 cm³/mol. The fraction of sp³-hybridized carbons (Fsp3) is 0.222. The van der Waals surface area contributed by atoms with Crippen molar-refractivity contribution in [3.8, 4) is 0 Å². The third-order valence-electron chi connectivity index (χ3n) is 3.89. The predicted octanol–water partition coefficient (Wildman–Crippen LogP) is 2.72. The average Bonchev–Trinajstić information content (AvgIpc) is 2.63. The minimum Gasteiger partial charge on any atom is -0.383 e. The SMILES string of the molecule is COCC(C)n1c(=O)c2ccccc2c2ccccc2c1=O. The zero-order valence-corrected chi connectivity index (χ0v) is 12.6. The fourth-order valence-corrected chi connectivity index (χ4v) is 2.88. The van der Waals surface area contributed by atoms with Gasteiger partial charge in [0, 0.05) is 17.9 Å². The van der Waals surface area contributed by atoms with Crippen molar-refractivity contribution in [2.75, 3.05) is 13.7 Å². The second-order valence-electron chi connectivity index (χ2n) is 5.38. The van der Waals surface area contributed by atoms with Crippen molar-refractivity contribution in [2.24, 2.45) is 0 Å². The lowest BCUT2D eigenvalue weighted by Gasteiger charge is -2.11. The van der Waals surface area contributed by atoms with Crippen LogP contribution in [0.3, 0.4) is 0 Å². The van der Waals surface area contributed by atoms with E-state index >= 15 is 0 Å². The standard InChI is InChI=1S/C18H17NO3/c1-12(11-22-2)19-17(20)15-9-5-3-7-13(15)14-8-4-6-10-16(14)18(19)21/h3-10,12H,11H2,1-2H3. The molecule has 0 aliphatic carbocycles. The second-order valence-corrected chi connectivity index (χ2v) is 5.38. The van der Waals surface area contributed by atoms with Gasteiger partial charge in [0.05, 0.1) is 12.6 Å². The molecule has 112 valence electrons. The van der Waals surface area contributed by atoms with Crippen LogP contribution in [0.4, 0.5) is 0 Å². The lowest BCUT2D eigenvalue weighted by atomic mass is 10.1. The Morgan fingerprint density at radius 2 is 1.27 bits per heavy atom. The first-order valence-electron chi connectivity index (χ1n) is 7.20. The number of ether oxygens (including phenoxy) is 1. The highest BCUT2D eigenvalue weighted by atomic mass is 16.5. The molecule has 0 bridgehead atoms. The number of hydrogen-bond donors (Lipinski definition) is 0. The monoisotopic (exact) mass is 295 g/mol. The summed E-state index contributed by atoms with van der Waals surface area (Å²) in [4.78, 5) is 25.8. The molecule has 0 N–H and O–H groups in total. The van der Waals surface area contributed by atoms with E-state index in [1.807, 2.05) is 43.3 Å². The van der Waals surface area contributed by atoms with E-state index in [0.29, 0.717) is 17.4 Å². The lowest BCUT2D eigenvalue weighted by Crippen LogP contribution is -2.34. The highest BCUT2D eigenvalue weighted by Gasteiger charge is 2.14. The first-order chi connectivity index (χ1) is 10.6. The average molecular weight is 295 g/mol. The summed E-state index contributed by atoms with van der Waals surface area (Å²) in [5, 5.41) is 2.68. The second kappa shape index (κ2) is 5.73. The third kappa shape index (κ3) is 2.22. The summed E-state index contributed by atoms with van der Waals surface area (Å²) < 4.78 is 6.42. The van der Waals surface area contributed by atoms with Crippen LogP contribution in [0.15, 0.2) is 58.1 Å². The highest BCUT2D eigenvalue weighted by Crippen LogP contribution is 2.19. The Morgan fingerprint density at radius 1 is 0.864 bits per heavy atom. The number of methoxy groups -OCH3 is 1. The van der Waals surface area contributed by atoms with Gasteiger partial charge >= 0.3 is 0 Å². The van der Waals surface area contributed by atoms with Gasteiger partial charge in [-0.3, -0.25) is 14.2 Å². The van der Waals surface area contributed by atoms with Gasteiger partial charge in [-0.2, -0.15) is 0 Å².